The minimum atomic E-state index is -0.930. The molecule has 1 amide bonds. The van der Waals surface area contributed by atoms with Crippen molar-refractivity contribution in [3.8, 4) is 5.75 Å². The van der Waals surface area contributed by atoms with E-state index >= 15 is 0 Å². The molecule has 9 nitrogen and oxygen atoms in total. The maximum atomic E-state index is 12.4. The Balaban J connectivity index is 2.27. The van der Waals surface area contributed by atoms with E-state index in [4.69, 9.17) is 14.2 Å². The normalized spacial score (nSPS) is 15.1. The van der Waals surface area contributed by atoms with Crippen LogP contribution in [0.3, 0.4) is 0 Å². The van der Waals surface area contributed by atoms with Gasteiger partial charge < -0.3 is 19.1 Å². The standard InChI is InChI=1S/C20H28N2O7/c1-13(23)18(12-27-5)28-17-11-15-7-9-21(19(24)29-20(2,3)4)8-6-14(15)10-16(17)22(25)26/h10-11,18H,6-9,12H2,1-5H3. The van der Waals surface area contributed by atoms with Gasteiger partial charge in [-0.05, 0) is 57.7 Å². The molecular formula is C20H28N2O7. The number of ether oxygens (including phenoxy) is 3. The Morgan fingerprint density at radius 1 is 1.21 bits per heavy atom. The van der Waals surface area contributed by atoms with Crippen molar-refractivity contribution in [2.24, 2.45) is 0 Å². The Hall–Kier alpha value is -2.68. The zero-order chi connectivity index (χ0) is 21.8. The van der Waals surface area contributed by atoms with Gasteiger partial charge in [0.05, 0.1) is 11.5 Å². The Labute approximate surface area is 170 Å². The van der Waals surface area contributed by atoms with Gasteiger partial charge in [0.1, 0.15) is 5.60 Å². The molecule has 9 heteroatoms. The van der Waals surface area contributed by atoms with Crippen molar-refractivity contribution < 1.29 is 28.7 Å². The van der Waals surface area contributed by atoms with Crippen LogP contribution >= 0.6 is 0 Å². The number of methoxy groups -OCH3 is 1. The summed E-state index contributed by atoms with van der Waals surface area (Å²) in [5.41, 5.74) is 0.813. The smallest absolute Gasteiger partial charge is 0.410 e. The van der Waals surface area contributed by atoms with Crippen molar-refractivity contribution >= 4 is 17.6 Å². The summed E-state index contributed by atoms with van der Waals surface area (Å²) in [4.78, 5) is 36.8. The summed E-state index contributed by atoms with van der Waals surface area (Å²) in [5, 5.41) is 11.6. The average molecular weight is 408 g/mol. The molecular weight excluding hydrogens is 380 g/mol. The number of amides is 1. The topological polar surface area (TPSA) is 108 Å². The molecule has 0 radical (unpaired) electrons. The van der Waals surface area contributed by atoms with Crippen molar-refractivity contribution in [2.75, 3.05) is 26.8 Å². The number of nitro groups is 1. The van der Waals surface area contributed by atoms with Crippen LogP contribution in [0.2, 0.25) is 0 Å². The van der Waals surface area contributed by atoms with E-state index in [1.807, 2.05) is 0 Å². The van der Waals surface area contributed by atoms with E-state index in [1.165, 1.54) is 20.1 Å². The number of carbonyl (C=O) groups is 2. The van der Waals surface area contributed by atoms with Crippen LogP contribution < -0.4 is 4.74 Å². The van der Waals surface area contributed by atoms with Crippen LogP contribution in [0.15, 0.2) is 12.1 Å². The zero-order valence-corrected chi connectivity index (χ0v) is 17.5. The first kappa shape index (κ1) is 22.6. The van der Waals surface area contributed by atoms with Gasteiger partial charge in [-0.3, -0.25) is 14.9 Å². The van der Waals surface area contributed by atoms with E-state index < -0.39 is 22.7 Å². The first-order valence-electron chi connectivity index (χ1n) is 9.46. The number of hydrogen-bond acceptors (Lipinski definition) is 7. The van der Waals surface area contributed by atoms with Crippen LogP contribution in [0.25, 0.3) is 0 Å². The molecule has 0 aliphatic carbocycles. The van der Waals surface area contributed by atoms with Crippen molar-refractivity contribution in [1.29, 1.82) is 0 Å². The molecule has 1 unspecified atom stereocenters. The van der Waals surface area contributed by atoms with E-state index in [-0.39, 0.29) is 23.8 Å². The lowest BCUT2D eigenvalue weighted by Crippen LogP contribution is -2.38. The zero-order valence-electron chi connectivity index (χ0n) is 17.5. The number of nitro benzene ring substituents is 1. The first-order chi connectivity index (χ1) is 13.5. The molecule has 0 N–H and O–H groups in total. The predicted octanol–water partition coefficient (Wildman–Crippen LogP) is 2.91. The van der Waals surface area contributed by atoms with Crippen LogP contribution in [0, 0.1) is 10.1 Å². The number of nitrogens with zero attached hydrogens (tertiary/aromatic N) is 2. The highest BCUT2D eigenvalue weighted by Crippen LogP contribution is 2.33. The predicted molar refractivity (Wildman–Crippen MR) is 105 cm³/mol. The van der Waals surface area contributed by atoms with Gasteiger partial charge in [0, 0.05) is 26.3 Å². The molecule has 1 aliphatic heterocycles. The van der Waals surface area contributed by atoms with E-state index in [9.17, 15) is 19.7 Å². The summed E-state index contributed by atoms with van der Waals surface area (Å²) in [6.45, 7) is 7.57. The lowest BCUT2D eigenvalue weighted by Gasteiger charge is -2.26. The van der Waals surface area contributed by atoms with Crippen LogP contribution in [0.1, 0.15) is 38.8 Å². The van der Waals surface area contributed by atoms with Gasteiger partial charge >= 0.3 is 11.8 Å². The Bertz CT molecular complexity index is 786. The molecule has 0 bridgehead atoms. The first-order valence-corrected chi connectivity index (χ1v) is 9.46. The highest BCUT2D eigenvalue weighted by molar-refractivity contribution is 5.81. The van der Waals surface area contributed by atoms with Crippen LogP contribution in [0.4, 0.5) is 10.5 Å². The Morgan fingerprint density at radius 2 is 1.79 bits per heavy atom. The maximum Gasteiger partial charge on any atom is 0.410 e. The van der Waals surface area contributed by atoms with Crippen molar-refractivity contribution in [3.63, 3.8) is 0 Å². The quantitative estimate of drug-likeness (QED) is 0.526. The monoisotopic (exact) mass is 408 g/mol. The highest BCUT2D eigenvalue weighted by Gasteiger charge is 2.28. The number of Topliss-reactive ketones (excluding diaryl/α,β-unsaturated/α-hetero) is 1. The number of hydrogen-bond donors (Lipinski definition) is 0. The molecule has 1 aliphatic rings. The summed E-state index contributed by atoms with van der Waals surface area (Å²) in [6.07, 6.45) is -0.379. The number of ketones is 1. The van der Waals surface area contributed by atoms with Crippen molar-refractivity contribution in [2.45, 2.75) is 52.2 Å². The van der Waals surface area contributed by atoms with Crippen LogP contribution in [-0.4, -0.2) is 60.2 Å². The number of benzene rings is 1. The summed E-state index contributed by atoms with van der Waals surface area (Å²) in [5.74, 6) is -0.260. The molecule has 0 fully saturated rings. The molecule has 1 heterocycles. The fourth-order valence-electron chi connectivity index (χ4n) is 3.03. The lowest BCUT2D eigenvalue weighted by molar-refractivity contribution is -0.386. The highest BCUT2D eigenvalue weighted by atomic mass is 16.6. The second kappa shape index (κ2) is 9.21. The number of carbonyl (C=O) groups excluding carboxylic acids is 2. The summed E-state index contributed by atoms with van der Waals surface area (Å²) in [6, 6.07) is 3.06. The van der Waals surface area contributed by atoms with Gasteiger partial charge in [-0.25, -0.2) is 4.79 Å². The largest absolute Gasteiger partial charge is 0.473 e. The van der Waals surface area contributed by atoms with E-state index in [0.717, 1.165) is 11.1 Å². The third-order valence-electron chi connectivity index (χ3n) is 4.47. The van der Waals surface area contributed by atoms with Crippen molar-refractivity contribution in [3.05, 3.63) is 33.4 Å². The molecule has 0 spiro atoms. The molecule has 160 valence electrons. The Morgan fingerprint density at radius 3 is 2.28 bits per heavy atom. The third-order valence-corrected chi connectivity index (χ3v) is 4.47. The molecule has 1 aromatic rings. The fourth-order valence-corrected chi connectivity index (χ4v) is 3.03. The fraction of sp³-hybridized carbons (Fsp3) is 0.600. The second-order valence-electron chi connectivity index (χ2n) is 7.99. The van der Waals surface area contributed by atoms with Gasteiger partial charge in [0.15, 0.2) is 17.6 Å². The maximum absolute atomic E-state index is 12.4. The molecule has 1 aromatic carbocycles. The second-order valence-corrected chi connectivity index (χ2v) is 7.99. The number of rotatable bonds is 6. The van der Waals surface area contributed by atoms with Crippen LogP contribution in [-0.2, 0) is 27.1 Å². The van der Waals surface area contributed by atoms with E-state index in [1.54, 1.807) is 31.7 Å². The van der Waals surface area contributed by atoms with Gasteiger partial charge in [-0.2, -0.15) is 0 Å². The molecule has 0 aromatic heterocycles. The minimum Gasteiger partial charge on any atom is -0.473 e. The molecule has 1 atom stereocenters. The SMILES string of the molecule is COCC(Oc1cc2c(cc1[N+](=O)[O-])CCN(C(=O)OC(C)(C)C)CC2)C(C)=O. The van der Waals surface area contributed by atoms with Gasteiger partial charge in [0.25, 0.3) is 0 Å². The van der Waals surface area contributed by atoms with Crippen LogP contribution in [0.5, 0.6) is 5.75 Å². The van der Waals surface area contributed by atoms with Gasteiger partial charge in [0.2, 0.25) is 0 Å². The minimum absolute atomic E-state index is 0.00397. The molecule has 0 saturated heterocycles. The van der Waals surface area contributed by atoms with E-state index in [0.29, 0.717) is 25.9 Å². The molecule has 2 rings (SSSR count). The summed E-state index contributed by atoms with van der Waals surface area (Å²) >= 11 is 0. The van der Waals surface area contributed by atoms with Crippen molar-refractivity contribution in [1.82, 2.24) is 4.90 Å². The molecule has 0 saturated carbocycles. The Kier molecular flexibility index (Phi) is 7.18. The average Bonchev–Trinajstić information content (AvgIpc) is 2.81. The van der Waals surface area contributed by atoms with Gasteiger partial charge in [-0.15, -0.1) is 0 Å². The summed E-state index contributed by atoms with van der Waals surface area (Å²) < 4.78 is 16.0. The lowest BCUT2D eigenvalue weighted by atomic mass is 10.0. The molecule has 29 heavy (non-hydrogen) atoms. The number of fused-ring (bicyclic) bond motifs is 1. The third kappa shape index (κ3) is 6.15. The summed E-state index contributed by atoms with van der Waals surface area (Å²) in [7, 11) is 1.43. The van der Waals surface area contributed by atoms with Gasteiger partial charge in [-0.1, -0.05) is 0 Å². The van der Waals surface area contributed by atoms with E-state index in [2.05, 4.69) is 0 Å².